The van der Waals surface area contributed by atoms with Crippen LogP contribution in [0, 0.1) is 12.8 Å². The highest BCUT2D eigenvalue weighted by molar-refractivity contribution is 5.95. The summed E-state index contributed by atoms with van der Waals surface area (Å²) in [6, 6.07) is 0.158. The second kappa shape index (κ2) is 5.10. The molecular weight excluding hydrogens is 228 g/mol. The quantitative estimate of drug-likeness (QED) is 0.849. The Morgan fingerprint density at radius 3 is 2.89 bits per heavy atom. The summed E-state index contributed by atoms with van der Waals surface area (Å²) in [4.78, 5) is 14.5. The zero-order chi connectivity index (χ0) is 13.3. The van der Waals surface area contributed by atoms with Crippen molar-refractivity contribution in [2.75, 3.05) is 13.1 Å². The standard InChI is InChI=1S/C13H22N4O/c1-9-5-4-6-17(12(9)7-14)13(18)11-8-15-16(3)10(11)2/h8-9,12H,4-7,14H2,1-3H3. The molecule has 1 aliphatic rings. The van der Waals surface area contributed by atoms with Gasteiger partial charge in [0.15, 0.2) is 0 Å². The molecule has 2 N–H and O–H groups in total. The monoisotopic (exact) mass is 250 g/mol. The molecule has 18 heavy (non-hydrogen) atoms. The number of carbonyl (C=O) groups excluding carboxylic acids is 1. The van der Waals surface area contributed by atoms with Gasteiger partial charge in [-0.15, -0.1) is 0 Å². The number of piperidine rings is 1. The average molecular weight is 250 g/mol. The first-order valence-corrected chi connectivity index (χ1v) is 6.56. The number of rotatable bonds is 2. The largest absolute Gasteiger partial charge is 0.334 e. The molecule has 5 heteroatoms. The number of hydrogen-bond donors (Lipinski definition) is 1. The number of carbonyl (C=O) groups is 1. The molecule has 1 aliphatic heterocycles. The van der Waals surface area contributed by atoms with E-state index in [1.807, 2.05) is 18.9 Å². The Morgan fingerprint density at radius 2 is 2.33 bits per heavy atom. The molecule has 1 saturated heterocycles. The highest BCUT2D eigenvalue weighted by atomic mass is 16.2. The molecule has 5 nitrogen and oxygen atoms in total. The SMILES string of the molecule is Cc1c(C(=O)N2CCCC(C)C2CN)cnn1C. The summed E-state index contributed by atoms with van der Waals surface area (Å²) >= 11 is 0. The van der Waals surface area contributed by atoms with Crippen molar-refractivity contribution >= 4 is 5.91 Å². The van der Waals surface area contributed by atoms with Gasteiger partial charge in [0.25, 0.3) is 5.91 Å². The zero-order valence-corrected chi connectivity index (χ0v) is 11.4. The number of aryl methyl sites for hydroxylation is 1. The number of hydrogen-bond acceptors (Lipinski definition) is 3. The van der Waals surface area contributed by atoms with E-state index in [4.69, 9.17) is 5.73 Å². The van der Waals surface area contributed by atoms with E-state index >= 15 is 0 Å². The number of likely N-dealkylation sites (tertiary alicyclic amines) is 1. The highest BCUT2D eigenvalue weighted by Crippen LogP contribution is 2.24. The molecule has 2 rings (SSSR count). The summed E-state index contributed by atoms with van der Waals surface area (Å²) in [5, 5.41) is 4.14. The van der Waals surface area contributed by atoms with Gasteiger partial charge in [0.2, 0.25) is 0 Å². The third kappa shape index (κ3) is 2.14. The van der Waals surface area contributed by atoms with E-state index in [-0.39, 0.29) is 11.9 Å². The fourth-order valence-electron chi connectivity index (χ4n) is 2.72. The molecule has 2 atom stereocenters. The maximum atomic E-state index is 12.6. The van der Waals surface area contributed by atoms with Crippen LogP contribution in [0.5, 0.6) is 0 Å². The third-order valence-electron chi connectivity index (χ3n) is 4.08. The van der Waals surface area contributed by atoms with Crippen molar-refractivity contribution in [3.63, 3.8) is 0 Å². The first-order valence-electron chi connectivity index (χ1n) is 6.56. The molecule has 1 aromatic rings. The zero-order valence-electron chi connectivity index (χ0n) is 11.4. The van der Waals surface area contributed by atoms with Crippen molar-refractivity contribution in [2.45, 2.75) is 32.7 Å². The first-order chi connectivity index (χ1) is 8.56. The molecule has 0 aliphatic carbocycles. The molecule has 0 saturated carbocycles. The Bertz CT molecular complexity index is 440. The van der Waals surface area contributed by atoms with E-state index in [2.05, 4.69) is 12.0 Å². The normalized spacial score (nSPS) is 24.3. The Kier molecular flexibility index (Phi) is 3.71. The Balaban J connectivity index is 2.24. The molecule has 100 valence electrons. The summed E-state index contributed by atoms with van der Waals surface area (Å²) < 4.78 is 1.73. The number of amides is 1. The Morgan fingerprint density at radius 1 is 1.61 bits per heavy atom. The lowest BCUT2D eigenvalue weighted by molar-refractivity contribution is 0.0531. The van der Waals surface area contributed by atoms with Crippen LogP contribution in [-0.2, 0) is 7.05 Å². The molecule has 2 heterocycles. The van der Waals surface area contributed by atoms with Crippen LogP contribution in [0.4, 0.5) is 0 Å². The van der Waals surface area contributed by atoms with Crippen LogP contribution in [-0.4, -0.2) is 39.7 Å². The molecule has 0 spiro atoms. The Hall–Kier alpha value is -1.36. The predicted octanol–water partition coefficient (Wildman–Crippen LogP) is 0.928. The fourth-order valence-corrected chi connectivity index (χ4v) is 2.72. The lowest BCUT2D eigenvalue weighted by Gasteiger charge is -2.39. The first kappa shape index (κ1) is 13.1. The van der Waals surface area contributed by atoms with Crippen molar-refractivity contribution in [2.24, 2.45) is 18.7 Å². The van der Waals surface area contributed by atoms with Gasteiger partial charge in [-0.25, -0.2) is 0 Å². The maximum absolute atomic E-state index is 12.6. The van der Waals surface area contributed by atoms with E-state index < -0.39 is 0 Å². The maximum Gasteiger partial charge on any atom is 0.257 e. The van der Waals surface area contributed by atoms with Crippen molar-refractivity contribution in [1.29, 1.82) is 0 Å². The second-order valence-corrected chi connectivity index (χ2v) is 5.19. The molecule has 1 fully saturated rings. The van der Waals surface area contributed by atoms with Crippen LogP contribution >= 0.6 is 0 Å². The molecule has 0 radical (unpaired) electrons. The highest BCUT2D eigenvalue weighted by Gasteiger charge is 2.32. The van der Waals surface area contributed by atoms with Crippen molar-refractivity contribution in [1.82, 2.24) is 14.7 Å². The minimum Gasteiger partial charge on any atom is -0.334 e. The van der Waals surface area contributed by atoms with Crippen LogP contribution < -0.4 is 5.73 Å². The minimum atomic E-state index is 0.0719. The van der Waals surface area contributed by atoms with E-state index in [1.165, 1.54) is 0 Å². The molecule has 2 unspecified atom stereocenters. The summed E-state index contributed by atoms with van der Waals surface area (Å²) in [7, 11) is 1.85. The Labute approximate surface area is 108 Å². The van der Waals surface area contributed by atoms with Gasteiger partial charge >= 0.3 is 0 Å². The van der Waals surface area contributed by atoms with Crippen LogP contribution in [0.2, 0.25) is 0 Å². The van der Waals surface area contributed by atoms with Gasteiger partial charge < -0.3 is 10.6 Å². The average Bonchev–Trinajstić information content (AvgIpc) is 2.69. The summed E-state index contributed by atoms with van der Waals surface area (Å²) in [6.45, 7) is 5.43. The second-order valence-electron chi connectivity index (χ2n) is 5.19. The van der Waals surface area contributed by atoms with Crippen LogP contribution in [0.1, 0.15) is 35.8 Å². The minimum absolute atomic E-state index is 0.0719. The van der Waals surface area contributed by atoms with E-state index in [0.717, 1.165) is 25.1 Å². The molecule has 0 aromatic carbocycles. The third-order valence-corrected chi connectivity index (χ3v) is 4.08. The number of aromatic nitrogens is 2. The molecular formula is C13H22N4O. The van der Waals surface area contributed by atoms with E-state index in [1.54, 1.807) is 10.9 Å². The lowest BCUT2D eigenvalue weighted by atomic mass is 9.90. The van der Waals surface area contributed by atoms with Gasteiger partial charge in [-0.3, -0.25) is 9.48 Å². The van der Waals surface area contributed by atoms with Crippen molar-refractivity contribution < 1.29 is 4.79 Å². The van der Waals surface area contributed by atoms with Gasteiger partial charge in [0, 0.05) is 31.9 Å². The predicted molar refractivity (Wildman–Crippen MR) is 70.2 cm³/mol. The van der Waals surface area contributed by atoms with Gasteiger partial charge in [-0.1, -0.05) is 6.92 Å². The lowest BCUT2D eigenvalue weighted by Crippen LogP contribution is -2.51. The fraction of sp³-hybridized carbons (Fsp3) is 0.692. The van der Waals surface area contributed by atoms with Crippen LogP contribution in [0.15, 0.2) is 6.20 Å². The summed E-state index contributed by atoms with van der Waals surface area (Å²) in [5.41, 5.74) is 7.44. The van der Waals surface area contributed by atoms with Crippen LogP contribution in [0.3, 0.4) is 0 Å². The summed E-state index contributed by atoms with van der Waals surface area (Å²) in [5.74, 6) is 0.548. The number of nitrogens with zero attached hydrogens (tertiary/aromatic N) is 3. The van der Waals surface area contributed by atoms with Crippen molar-refractivity contribution in [3.05, 3.63) is 17.5 Å². The van der Waals surface area contributed by atoms with Gasteiger partial charge in [0.1, 0.15) is 0 Å². The smallest absolute Gasteiger partial charge is 0.257 e. The van der Waals surface area contributed by atoms with Gasteiger partial charge in [-0.05, 0) is 25.7 Å². The molecule has 1 aromatic heterocycles. The van der Waals surface area contributed by atoms with E-state index in [9.17, 15) is 4.79 Å². The molecule has 0 bridgehead atoms. The number of nitrogens with two attached hydrogens (primary N) is 1. The topological polar surface area (TPSA) is 64.2 Å². The van der Waals surface area contributed by atoms with Gasteiger partial charge in [0.05, 0.1) is 11.8 Å². The van der Waals surface area contributed by atoms with Gasteiger partial charge in [-0.2, -0.15) is 5.10 Å². The molecule has 1 amide bonds. The summed E-state index contributed by atoms with van der Waals surface area (Å²) in [6.07, 6.45) is 3.87. The van der Waals surface area contributed by atoms with E-state index in [0.29, 0.717) is 18.0 Å². The van der Waals surface area contributed by atoms with Crippen LogP contribution in [0.25, 0.3) is 0 Å². The van der Waals surface area contributed by atoms with Crippen molar-refractivity contribution in [3.8, 4) is 0 Å².